The number of carbonyl (C=O) groups is 2. The maximum atomic E-state index is 12.6. The lowest BCUT2D eigenvalue weighted by Crippen LogP contribution is -2.60. The van der Waals surface area contributed by atoms with E-state index in [0.717, 1.165) is 21.5 Å². The zero-order valence-electron chi connectivity index (χ0n) is 13.2. The molecule has 0 aliphatic carbocycles. The molecule has 3 rings (SSSR count). The highest BCUT2D eigenvalue weighted by molar-refractivity contribution is 9.10. The van der Waals surface area contributed by atoms with Gasteiger partial charge < -0.3 is 9.47 Å². The van der Waals surface area contributed by atoms with E-state index in [-0.39, 0.29) is 11.9 Å². The van der Waals surface area contributed by atoms with E-state index in [1.54, 1.807) is 12.0 Å². The van der Waals surface area contributed by atoms with Crippen LogP contribution in [-0.2, 0) is 14.3 Å². The van der Waals surface area contributed by atoms with Crippen molar-refractivity contribution in [2.24, 2.45) is 0 Å². The number of amides is 1. The number of halogens is 1. The monoisotopic (exact) mass is 389 g/mol. The van der Waals surface area contributed by atoms with Gasteiger partial charge in [0, 0.05) is 11.4 Å². The predicted molar refractivity (Wildman–Crippen MR) is 92.9 cm³/mol. The van der Waals surface area contributed by atoms with Gasteiger partial charge in [-0.3, -0.25) is 14.5 Å². The second kappa shape index (κ2) is 6.65. The Labute approximate surface area is 148 Å². The minimum atomic E-state index is -0.817. The van der Waals surface area contributed by atoms with E-state index in [1.807, 2.05) is 48.5 Å². The molecule has 2 aromatic rings. The summed E-state index contributed by atoms with van der Waals surface area (Å²) in [6.45, 7) is 1.31. The first-order valence-electron chi connectivity index (χ1n) is 7.41. The summed E-state index contributed by atoms with van der Waals surface area (Å²) >= 11 is 3.47. The van der Waals surface area contributed by atoms with Crippen LogP contribution in [0.1, 0.15) is 18.5 Å². The molecule has 1 aliphatic rings. The van der Waals surface area contributed by atoms with E-state index in [1.165, 1.54) is 6.92 Å². The van der Waals surface area contributed by atoms with Gasteiger partial charge in [-0.05, 0) is 45.8 Å². The van der Waals surface area contributed by atoms with Gasteiger partial charge in [0.15, 0.2) is 0 Å². The molecule has 24 heavy (non-hydrogen) atoms. The first-order valence-corrected chi connectivity index (χ1v) is 8.21. The molecule has 1 aliphatic heterocycles. The molecule has 0 aromatic heterocycles. The fourth-order valence-corrected chi connectivity index (χ4v) is 3.27. The predicted octanol–water partition coefficient (Wildman–Crippen LogP) is 3.48. The van der Waals surface area contributed by atoms with E-state index >= 15 is 0 Å². The molecule has 0 unspecified atom stereocenters. The number of para-hydroxylation sites is 1. The number of nitrogens with zero attached hydrogens (tertiary/aromatic N) is 1. The van der Waals surface area contributed by atoms with Crippen LogP contribution in [0.15, 0.2) is 53.0 Å². The Balaban J connectivity index is 1.99. The maximum absolute atomic E-state index is 12.6. The van der Waals surface area contributed by atoms with Gasteiger partial charge in [-0.15, -0.1) is 0 Å². The first kappa shape index (κ1) is 16.5. The number of esters is 1. The zero-order valence-corrected chi connectivity index (χ0v) is 14.8. The molecule has 1 heterocycles. The molecule has 0 bridgehead atoms. The normalized spacial score (nSPS) is 19.6. The average molecular weight is 390 g/mol. The Bertz CT molecular complexity index is 775. The molecule has 1 fully saturated rings. The summed E-state index contributed by atoms with van der Waals surface area (Å²) in [6, 6.07) is 14.5. The highest BCUT2D eigenvalue weighted by atomic mass is 79.9. The summed E-state index contributed by atoms with van der Waals surface area (Å²) in [7, 11) is 1.59. The SMILES string of the molecule is COc1ccc([C@@H]2[C@@H](OC(C)=O)C(=O)N2c2ccccc2Br)cc1. The van der Waals surface area contributed by atoms with Crippen LogP contribution in [0.5, 0.6) is 5.75 Å². The van der Waals surface area contributed by atoms with Crippen molar-refractivity contribution in [1.29, 1.82) is 0 Å². The molecular weight excluding hydrogens is 374 g/mol. The van der Waals surface area contributed by atoms with Crippen molar-refractivity contribution in [1.82, 2.24) is 0 Å². The van der Waals surface area contributed by atoms with Crippen molar-refractivity contribution in [2.75, 3.05) is 12.0 Å². The Kier molecular flexibility index (Phi) is 4.57. The molecule has 0 radical (unpaired) electrons. The molecule has 5 nitrogen and oxygen atoms in total. The van der Waals surface area contributed by atoms with Gasteiger partial charge in [-0.25, -0.2) is 0 Å². The van der Waals surface area contributed by atoms with Gasteiger partial charge in [0.1, 0.15) is 11.8 Å². The topological polar surface area (TPSA) is 55.8 Å². The molecule has 0 N–H and O–H groups in total. The highest BCUT2D eigenvalue weighted by Gasteiger charge is 2.51. The summed E-state index contributed by atoms with van der Waals surface area (Å²) in [5, 5.41) is 0. The third-order valence-corrected chi connectivity index (χ3v) is 4.58. The fraction of sp³-hybridized carbons (Fsp3) is 0.222. The number of rotatable bonds is 4. The second-order valence-corrected chi connectivity index (χ2v) is 6.26. The molecule has 2 aromatic carbocycles. The number of ether oxygens (including phenoxy) is 2. The Hall–Kier alpha value is -2.34. The molecule has 6 heteroatoms. The smallest absolute Gasteiger partial charge is 0.303 e. The zero-order chi connectivity index (χ0) is 17.3. The van der Waals surface area contributed by atoms with Gasteiger partial charge in [-0.2, -0.15) is 0 Å². The lowest BCUT2D eigenvalue weighted by atomic mass is 9.89. The van der Waals surface area contributed by atoms with Crippen molar-refractivity contribution < 1.29 is 19.1 Å². The van der Waals surface area contributed by atoms with E-state index in [9.17, 15) is 9.59 Å². The van der Waals surface area contributed by atoms with Crippen LogP contribution in [0, 0.1) is 0 Å². The molecule has 1 saturated heterocycles. The minimum absolute atomic E-state index is 0.238. The van der Waals surface area contributed by atoms with Crippen molar-refractivity contribution >= 4 is 33.5 Å². The van der Waals surface area contributed by atoms with Crippen LogP contribution in [0.3, 0.4) is 0 Å². The van der Waals surface area contributed by atoms with E-state index in [0.29, 0.717) is 0 Å². The van der Waals surface area contributed by atoms with E-state index in [2.05, 4.69) is 15.9 Å². The summed E-state index contributed by atoms with van der Waals surface area (Å²) in [5.74, 6) is 0.0115. The second-order valence-electron chi connectivity index (χ2n) is 5.41. The van der Waals surface area contributed by atoms with Crippen LogP contribution in [-0.4, -0.2) is 25.1 Å². The highest BCUT2D eigenvalue weighted by Crippen LogP contribution is 2.43. The first-order chi connectivity index (χ1) is 11.5. The molecule has 1 amide bonds. The standard InChI is InChI=1S/C18H16BrNO4/c1-11(21)24-17-16(12-7-9-13(23-2)10-8-12)20(18(17)22)15-6-4-3-5-14(15)19/h3-10,16-17H,1-2H3/t16-,17-/m1/s1. The van der Waals surface area contributed by atoms with Gasteiger partial charge in [0.05, 0.1) is 12.8 Å². The summed E-state index contributed by atoms with van der Waals surface area (Å²) in [4.78, 5) is 25.6. The molecular formula is C18H16BrNO4. The Morgan fingerprint density at radius 3 is 2.38 bits per heavy atom. The number of hydrogen-bond acceptors (Lipinski definition) is 4. The van der Waals surface area contributed by atoms with Crippen LogP contribution in [0.25, 0.3) is 0 Å². The van der Waals surface area contributed by atoms with Crippen LogP contribution >= 0.6 is 15.9 Å². The van der Waals surface area contributed by atoms with Crippen LogP contribution < -0.4 is 9.64 Å². The van der Waals surface area contributed by atoms with Crippen LogP contribution in [0.2, 0.25) is 0 Å². The number of carbonyl (C=O) groups excluding carboxylic acids is 2. The fourth-order valence-electron chi connectivity index (χ4n) is 2.80. The number of methoxy groups -OCH3 is 1. The molecule has 0 saturated carbocycles. The van der Waals surface area contributed by atoms with Crippen molar-refractivity contribution in [3.05, 3.63) is 58.6 Å². The van der Waals surface area contributed by atoms with Crippen molar-refractivity contribution in [3.63, 3.8) is 0 Å². The van der Waals surface area contributed by atoms with Crippen LogP contribution in [0.4, 0.5) is 5.69 Å². The summed E-state index contributed by atoms with van der Waals surface area (Å²) < 4.78 is 11.2. The lowest BCUT2D eigenvalue weighted by Gasteiger charge is -2.46. The van der Waals surface area contributed by atoms with Crippen molar-refractivity contribution in [2.45, 2.75) is 19.1 Å². The van der Waals surface area contributed by atoms with Gasteiger partial charge in [0.25, 0.3) is 5.91 Å². The van der Waals surface area contributed by atoms with Crippen molar-refractivity contribution in [3.8, 4) is 5.75 Å². The number of hydrogen-bond donors (Lipinski definition) is 0. The largest absolute Gasteiger partial charge is 0.497 e. The molecule has 0 spiro atoms. The molecule has 2 atom stereocenters. The number of β-lactam (4-membered cyclic amide) rings is 1. The van der Waals surface area contributed by atoms with E-state index < -0.39 is 12.1 Å². The Morgan fingerprint density at radius 2 is 1.79 bits per heavy atom. The lowest BCUT2D eigenvalue weighted by molar-refractivity contribution is -0.160. The van der Waals surface area contributed by atoms with Gasteiger partial charge in [0.2, 0.25) is 6.10 Å². The maximum Gasteiger partial charge on any atom is 0.303 e. The summed E-state index contributed by atoms with van der Waals surface area (Å²) in [5.41, 5.74) is 1.61. The summed E-state index contributed by atoms with van der Waals surface area (Å²) in [6.07, 6.45) is -0.817. The third kappa shape index (κ3) is 2.89. The minimum Gasteiger partial charge on any atom is -0.497 e. The van der Waals surface area contributed by atoms with E-state index in [4.69, 9.17) is 9.47 Å². The quantitative estimate of drug-likeness (QED) is 0.593. The molecule has 124 valence electrons. The van der Waals surface area contributed by atoms with Gasteiger partial charge >= 0.3 is 5.97 Å². The number of benzene rings is 2. The number of anilines is 1. The third-order valence-electron chi connectivity index (χ3n) is 3.91. The Morgan fingerprint density at radius 1 is 1.12 bits per heavy atom. The average Bonchev–Trinajstić information content (AvgIpc) is 2.58. The van der Waals surface area contributed by atoms with Gasteiger partial charge in [-0.1, -0.05) is 24.3 Å².